The van der Waals surface area contributed by atoms with Crippen molar-refractivity contribution >= 4 is 6.29 Å². The number of carbonyl (C=O) groups excluding carboxylic acids is 1. The summed E-state index contributed by atoms with van der Waals surface area (Å²) in [6.07, 6.45) is 6.76. The Morgan fingerprint density at radius 1 is 1.22 bits per heavy atom. The molecular weight excluding hydrogens is 228 g/mol. The van der Waals surface area contributed by atoms with Crippen LogP contribution in [0.3, 0.4) is 0 Å². The average Bonchev–Trinajstić information content (AvgIpc) is 2.25. The van der Waals surface area contributed by atoms with E-state index in [2.05, 4.69) is 24.1 Å². The normalized spacial score (nSPS) is 15.0. The first-order valence-electron chi connectivity index (χ1n) is 6.62. The number of aliphatic hydroxyl groups excluding tert-OH is 1. The molecule has 0 aromatic carbocycles. The number of hydrogen-bond acceptors (Lipinski definition) is 4. The first kappa shape index (κ1) is 17.1. The van der Waals surface area contributed by atoms with Crippen molar-refractivity contribution < 1.29 is 9.90 Å². The van der Waals surface area contributed by atoms with Crippen molar-refractivity contribution in [2.24, 2.45) is 5.92 Å². The van der Waals surface area contributed by atoms with Gasteiger partial charge in [-0.2, -0.15) is 0 Å². The van der Waals surface area contributed by atoms with Gasteiger partial charge in [0.1, 0.15) is 6.29 Å². The number of rotatable bonds is 10. The molecule has 0 saturated heterocycles. The van der Waals surface area contributed by atoms with Gasteiger partial charge in [-0.05, 0) is 38.9 Å². The van der Waals surface area contributed by atoms with Crippen molar-refractivity contribution in [1.82, 2.24) is 9.80 Å². The van der Waals surface area contributed by atoms with Crippen LogP contribution in [0.1, 0.15) is 26.7 Å². The predicted molar refractivity (Wildman–Crippen MR) is 75.4 cm³/mol. The molecule has 0 saturated carbocycles. The van der Waals surface area contributed by atoms with E-state index >= 15 is 0 Å². The van der Waals surface area contributed by atoms with E-state index in [9.17, 15) is 9.90 Å². The largest absolute Gasteiger partial charge is 0.393 e. The van der Waals surface area contributed by atoms with Gasteiger partial charge in [0, 0.05) is 20.1 Å². The Morgan fingerprint density at radius 3 is 2.44 bits per heavy atom. The lowest BCUT2D eigenvalue weighted by atomic mass is 10.0. The van der Waals surface area contributed by atoms with Crippen LogP contribution in [0, 0.1) is 5.92 Å². The SMILES string of the molecule is CC(O)C[C@H](C)C/C=C/N(C)CCN(C)CC=O. The minimum Gasteiger partial charge on any atom is -0.393 e. The van der Waals surface area contributed by atoms with E-state index < -0.39 is 0 Å². The molecule has 0 aromatic heterocycles. The molecule has 18 heavy (non-hydrogen) atoms. The third kappa shape index (κ3) is 10.3. The summed E-state index contributed by atoms with van der Waals surface area (Å²) in [5.41, 5.74) is 0. The molecule has 0 fully saturated rings. The standard InChI is InChI=1S/C14H28N2O2/c1-13(12-14(2)18)6-5-7-15(3)8-9-16(4)10-11-17/h5,7,11,13-14,18H,6,8-10,12H2,1-4H3/b7-5+/t13-,14?/m1/s1. The number of likely N-dealkylation sites (N-methyl/N-ethyl adjacent to an activating group) is 2. The minimum absolute atomic E-state index is 0.219. The van der Waals surface area contributed by atoms with Crippen LogP contribution in [-0.4, -0.2) is 61.0 Å². The molecule has 0 amide bonds. The third-order valence-corrected chi connectivity index (χ3v) is 2.86. The molecule has 106 valence electrons. The molecule has 0 spiro atoms. The van der Waals surface area contributed by atoms with Gasteiger partial charge in [0.25, 0.3) is 0 Å². The molecule has 0 aliphatic rings. The van der Waals surface area contributed by atoms with Crippen molar-refractivity contribution in [2.75, 3.05) is 33.7 Å². The second kappa shape index (κ2) is 10.1. The summed E-state index contributed by atoms with van der Waals surface area (Å²) in [6, 6.07) is 0. The number of aliphatic hydroxyl groups is 1. The van der Waals surface area contributed by atoms with E-state index in [1.165, 1.54) is 0 Å². The van der Waals surface area contributed by atoms with E-state index in [1.54, 1.807) is 0 Å². The minimum atomic E-state index is -0.219. The van der Waals surface area contributed by atoms with Crippen LogP contribution in [0.15, 0.2) is 12.3 Å². The Bertz CT molecular complexity index is 242. The molecule has 0 aliphatic carbocycles. The number of nitrogens with zero attached hydrogens (tertiary/aromatic N) is 2. The molecule has 4 heteroatoms. The molecule has 0 aliphatic heterocycles. The fourth-order valence-corrected chi connectivity index (χ4v) is 1.77. The third-order valence-electron chi connectivity index (χ3n) is 2.86. The van der Waals surface area contributed by atoms with Crippen molar-refractivity contribution in [3.63, 3.8) is 0 Å². The van der Waals surface area contributed by atoms with Crippen molar-refractivity contribution in [2.45, 2.75) is 32.8 Å². The van der Waals surface area contributed by atoms with Crippen LogP contribution in [0.25, 0.3) is 0 Å². The fraction of sp³-hybridized carbons (Fsp3) is 0.786. The van der Waals surface area contributed by atoms with Crippen molar-refractivity contribution in [3.8, 4) is 0 Å². The highest BCUT2D eigenvalue weighted by molar-refractivity contribution is 5.51. The summed E-state index contributed by atoms with van der Waals surface area (Å²) in [6.45, 7) is 6.25. The lowest BCUT2D eigenvalue weighted by molar-refractivity contribution is -0.108. The summed E-state index contributed by atoms with van der Waals surface area (Å²) < 4.78 is 0. The Kier molecular flexibility index (Phi) is 9.60. The average molecular weight is 256 g/mol. The molecule has 4 nitrogen and oxygen atoms in total. The van der Waals surface area contributed by atoms with Crippen LogP contribution in [0.4, 0.5) is 0 Å². The zero-order valence-electron chi connectivity index (χ0n) is 12.2. The van der Waals surface area contributed by atoms with Crippen LogP contribution in [-0.2, 0) is 4.79 Å². The number of allylic oxidation sites excluding steroid dienone is 1. The van der Waals surface area contributed by atoms with E-state index in [-0.39, 0.29) is 6.10 Å². The lowest BCUT2D eigenvalue weighted by Gasteiger charge is -2.19. The number of aldehydes is 1. The summed E-state index contributed by atoms with van der Waals surface area (Å²) in [4.78, 5) is 14.4. The molecule has 1 N–H and O–H groups in total. The Balaban J connectivity index is 3.73. The van der Waals surface area contributed by atoms with Crippen LogP contribution in [0.5, 0.6) is 0 Å². The van der Waals surface area contributed by atoms with E-state index in [4.69, 9.17) is 0 Å². The highest BCUT2D eigenvalue weighted by Gasteiger charge is 2.04. The molecule has 1 unspecified atom stereocenters. The van der Waals surface area contributed by atoms with Crippen molar-refractivity contribution in [3.05, 3.63) is 12.3 Å². The van der Waals surface area contributed by atoms with Gasteiger partial charge in [0.05, 0.1) is 12.6 Å². The smallest absolute Gasteiger partial charge is 0.133 e. The zero-order chi connectivity index (χ0) is 14.0. The molecule has 0 heterocycles. The number of carbonyl (C=O) groups is 1. The Hall–Kier alpha value is -0.870. The second-order valence-electron chi connectivity index (χ2n) is 5.22. The van der Waals surface area contributed by atoms with Gasteiger partial charge in [0.2, 0.25) is 0 Å². The second-order valence-corrected chi connectivity index (χ2v) is 5.22. The summed E-state index contributed by atoms with van der Waals surface area (Å²) >= 11 is 0. The van der Waals surface area contributed by atoms with Gasteiger partial charge < -0.3 is 14.8 Å². The fourth-order valence-electron chi connectivity index (χ4n) is 1.77. The summed E-state index contributed by atoms with van der Waals surface area (Å²) in [5, 5.41) is 9.26. The van der Waals surface area contributed by atoms with Crippen molar-refractivity contribution in [1.29, 1.82) is 0 Å². The maximum Gasteiger partial charge on any atom is 0.133 e. The van der Waals surface area contributed by atoms with Gasteiger partial charge >= 0.3 is 0 Å². The van der Waals surface area contributed by atoms with Crippen LogP contribution < -0.4 is 0 Å². The summed E-state index contributed by atoms with van der Waals surface area (Å²) in [7, 11) is 3.97. The number of hydrogen-bond donors (Lipinski definition) is 1. The first-order valence-corrected chi connectivity index (χ1v) is 6.62. The molecular formula is C14H28N2O2. The Labute approximate surface area is 111 Å². The molecule has 2 atom stereocenters. The maximum absolute atomic E-state index is 10.3. The molecule has 0 bridgehead atoms. The quantitative estimate of drug-likeness (QED) is 0.599. The highest BCUT2D eigenvalue weighted by Crippen LogP contribution is 2.10. The van der Waals surface area contributed by atoms with E-state index in [0.29, 0.717) is 12.5 Å². The Morgan fingerprint density at radius 2 is 1.89 bits per heavy atom. The predicted octanol–water partition coefficient (Wildman–Crippen LogP) is 1.36. The highest BCUT2D eigenvalue weighted by atomic mass is 16.3. The van der Waals surface area contributed by atoms with E-state index in [1.807, 2.05) is 25.9 Å². The monoisotopic (exact) mass is 256 g/mol. The molecule has 0 aromatic rings. The van der Waals surface area contributed by atoms with Crippen LogP contribution in [0.2, 0.25) is 0 Å². The van der Waals surface area contributed by atoms with Gasteiger partial charge in [0.15, 0.2) is 0 Å². The maximum atomic E-state index is 10.3. The van der Waals surface area contributed by atoms with Gasteiger partial charge in [-0.15, -0.1) is 0 Å². The van der Waals surface area contributed by atoms with Gasteiger partial charge in [-0.1, -0.05) is 13.0 Å². The topological polar surface area (TPSA) is 43.8 Å². The molecule has 0 rings (SSSR count). The first-order chi connectivity index (χ1) is 8.45. The van der Waals surface area contributed by atoms with E-state index in [0.717, 1.165) is 32.2 Å². The lowest BCUT2D eigenvalue weighted by Crippen LogP contribution is -2.29. The van der Waals surface area contributed by atoms with Gasteiger partial charge in [-0.25, -0.2) is 0 Å². The zero-order valence-corrected chi connectivity index (χ0v) is 12.2. The summed E-state index contributed by atoms with van der Waals surface area (Å²) in [5.74, 6) is 0.507. The van der Waals surface area contributed by atoms with Crippen LogP contribution >= 0.6 is 0 Å². The van der Waals surface area contributed by atoms with Gasteiger partial charge in [-0.3, -0.25) is 4.90 Å². The molecule has 0 radical (unpaired) electrons.